The highest BCUT2D eigenvalue weighted by atomic mass is 79.9. The van der Waals surface area contributed by atoms with Gasteiger partial charge in [0.15, 0.2) is 0 Å². The second kappa shape index (κ2) is 6.22. The van der Waals surface area contributed by atoms with Crippen molar-refractivity contribution in [3.8, 4) is 0 Å². The molecule has 0 aromatic carbocycles. The van der Waals surface area contributed by atoms with E-state index in [1.54, 1.807) is 6.92 Å². The van der Waals surface area contributed by atoms with Crippen LogP contribution in [0.15, 0.2) is 4.47 Å². The zero-order valence-electron chi connectivity index (χ0n) is 13.3. The van der Waals surface area contributed by atoms with Crippen LogP contribution in [0.1, 0.15) is 38.3 Å². The average Bonchev–Trinajstić information content (AvgIpc) is 3.17. The van der Waals surface area contributed by atoms with E-state index in [0.29, 0.717) is 16.1 Å². The number of carbonyl (C=O) groups excluding carboxylic acids is 1. The van der Waals surface area contributed by atoms with Crippen molar-refractivity contribution in [3.63, 3.8) is 0 Å². The Kier molecular flexibility index (Phi) is 4.44. The molecule has 0 aliphatic heterocycles. The fourth-order valence-corrected chi connectivity index (χ4v) is 4.66. The number of halogens is 1. The second-order valence-electron chi connectivity index (χ2n) is 6.83. The highest BCUT2D eigenvalue weighted by Crippen LogP contribution is 2.49. The minimum Gasteiger partial charge on any atom is -0.358 e. The van der Waals surface area contributed by atoms with Gasteiger partial charge in [-0.15, -0.1) is 0 Å². The molecule has 3 rings (SSSR count). The van der Waals surface area contributed by atoms with Gasteiger partial charge in [0.1, 0.15) is 11.0 Å². The summed E-state index contributed by atoms with van der Waals surface area (Å²) >= 11 is 3.16. The number of nitrogens with zero attached hydrogens (tertiary/aromatic N) is 3. The van der Waals surface area contributed by atoms with E-state index in [1.807, 2.05) is 0 Å². The normalized spacial score (nSPS) is 27.2. The highest BCUT2D eigenvalue weighted by Gasteiger charge is 2.42. The lowest BCUT2D eigenvalue weighted by Crippen LogP contribution is -2.41. The third-order valence-electron chi connectivity index (χ3n) is 5.41. The third-order valence-corrected chi connectivity index (χ3v) is 6.34. The van der Waals surface area contributed by atoms with Crippen molar-refractivity contribution in [1.82, 2.24) is 15.1 Å². The molecular formula is C15H21BrN4O3. The van der Waals surface area contributed by atoms with Crippen LogP contribution in [0.4, 0.5) is 5.82 Å². The molecule has 2 aliphatic carbocycles. The third kappa shape index (κ3) is 3.13. The lowest BCUT2D eigenvalue weighted by molar-refractivity contribution is -0.390. The Balaban J connectivity index is 1.61. The van der Waals surface area contributed by atoms with Crippen LogP contribution in [0.5, 0.6) is 0 Å². The van der Waals surface area contributed by atoms with E-state index in [4.69, 9.17) is 0 Å². The Morgan fingerprint density at radius 1 is 1.52 bits per heavy atom. The van der Waals surface area contributed by atoms with E-state index in [9.17, 15) is 14.9 Å². The Morgan fingerprint density at radius 3 is 2.78 bits per heavy atom. The summed E-state index contributed by atoms with van der Waals surface area (Å²) in [7, 11) is 0. The predicted molar refractivity (Wildman–Crippen MR) is 87.9 cm³/mol. The minimum absolute atomic E-state index is 0.00340. The van der Waals surface area contributed by atoms with E-state index < -0.39 is 4.92 Å². The molecule has 7 nitrogen and oxygen atoms in total. The van der Waals surface area contributed by atoms with Gasteiger partial charge in [-0.25, -0.2) is 0 Å². The van der Waals surface area contributed by atoms with Crippen LogP contribution in [0.2, 0.25) is 0 Å². The lowest BCUT2D eigenvalue weighted by Gasteiger charge is -2.28. The lowest BCUT2D eigenvalue weighted by atomic mass is 9.84. The molecule has 0 spiro atoms. The Morgan fingerprint density at radius 2 is 2.26 bits per heavy atom. The molecule has 2 fully saturated rings. The average molecular weight is 385 g/mol. The smallest absolute Gasteiger partial charge is 0.358 e. The van der Waals surface area contributed by atoms with Crippen LogP contribution in [-0.4, -0.2) is 26.7 Å². The first-order chi connectivity index (χ1) is 10.9. The van der Waals surface area contributed by atoms with Gasteiger partial charge in [0.25, 0.3) is 0 Å². The summed E-state index contributed by atoms with van der Waals surface area (Å²) < 4.78 is 1.71. The molecule has 1 amide bonds. The molecule has 1 aromatic heterocycles. The van der Waals surface area contributed by atoms with Gasteiger partial charge in [0.2, 0.25) is 5.91 Å². The van der Waals surface area contributed by atoms with Gasteiger partial charge in [-0.2, -0.15) is 4.68 Å². The van der Waals surface area contributed by atoms with Crippen LogP contribution < -0.4 is 5.32 Å². The summed E-state index contributed by atoms with van der Waals surface area (Å²) in [5.41, 5.74) is 0.583. The van der Waals surface area contributed by atoms with E-state index in [-0.39, 0.29) is 24.3 Å². The number of rotatable bonds is 5. The number of amides is 1. The first-order valence-electron chi connectivity index (χ1n) is 8.03. The van der Waals surface area contributed by atoms with Gasteiger partial charge in [0.05, 0.1) is 10.8 Å². The first kappa shape index (κ1) is 16.4. The minimum atomic E-state index is -0.552. The molecule has 4 atom stereocenters. The zero-order valence-corrected chi connectivity index (χ0v) is 14.9. The standard InChI is InChI=1S/C15H21BrN4O3/c1-8(12-6-10-3-4-11(12)5-10)17-13(21)7-19-9(2)14(16)15(18-19)20(22)23/h8,10-12H,3-7H2,1-2H3,(H,17,21)/t8-,10+,11+,12+/m0/s1. The van der Waals surface area contributed by atoms with Gasteiger partial charge in [-0.1, -0.05) is 6.42 Å². The molecule has 1 aromatic rings. The molecule has 8 heteroatoms. The number of nitro groups is 1. The SMILES string of the molecule is Cc1c(Br)c([N+](=O)[O-])nn1CC(=O)N[C@@H](C)[C@H]1C[C@@H]2CC[C@@H]1C2. The van der Waals surface area contributed by atoms with Crippen LogP contribution in [0.25, 0.3) is 0 Å². The van der Waals surface area contributed by atoms with Crippen molar-refractivity contribution in [2.24, 2.45) is 17.8 Å². The van der Waals surface area contributed by atoms with E-state index in [0.717, 1.165) is 11.8 Å². The number of fused-ring (bicyclic) bond motifs is 2. The Bertz CT molecular complexity index is 645. The van der Waals surface area contributed by atoms with Crippen LogP contribution >= 0.6 is 15.9 Å². The highest BCUT2D eigenvalue weighted by molar-refractivity contribution is 9.10. The quantitative estimate of drug-likeness (QED) is 0.624. The fourth-order valence-electron chi connectivity index (χ4n) is 4.23. The van der Waals surface area contributed by atoms with Gasteiger partial charge in [-0.3, -0.25) is 4.79 Å². The molecule has 126 valence electrons. The molecule has 0 saturated heterocycles. The molecule has 2 bridgehead atoms. The largest absolute Gasteiger partial charge is 0.404 e. The summed E-state index contributed by atoms with van der Waals surface area (Å²) in [5, 5.41) is 17.9. The van der Waals surface area contributed by atoms with Crippen molar-refractivity contribution in [1.29, 1.82) is 0 Å². The molecule has 2 aliphatic rings. The van der Waals surface area contributed by atoms with Crippen molar-refractivity contribution >= 4 is 27.7 Å². The summed E-state index contributed by atoms with van der Waals surface area (Å²) in [4.78, 5) is 22.6. The predicted octanol–water partition coefficient (Wildman–Crippen LogP) is 2.80. The van der Waals surface area contributed by atoms with Crippen molar-refractivity contribution in [3.05, 3.63) is 20.3 Å². The molecule has 23 heavy (non-hydrogen) atoms. The molecule has 2 saturated carbocycles. The Labute approximate surface area is 143 Å². The van der Waals surface area contributed by atoms with Gasteiger partial charge in [0, 0.05) is 6.04 Å². The summed E-state index contributed by atoms with van der Waals surface area (Å²) in [6.07, 6.45) is 5.14. The van der Waals surface area contributed by atoms with Gasteiger partial charge in [-0.05, 0) is 71.7 Å². The van der Waals surface area contributed by atoms with E-state index >= 15 is 0 Å². The number of nitrogens with one attached hydrogen (secondary N) is 1. The van der Waals surface area contributed by atoms with Crippen LogP contribution in [0.3, 0.4) is 0 Å². The van der Waals surface area contributed by atoms with E-state index in [1.165, 1.54) is 30.4 Å². The van der Waals surface area contributed by atoms with Crippen LogP contribution in [0, 0.1) is 34.8 Å². The molecule has 1 N–H and O–H groups in total. The number of aromatic nitrogens is 2. The molecular weight excluding hydrogens is 364 g/mol. The second-order valence-corrected chi connectivity index (χ2v) is 7.63. The molecule has 0 unspecified atom stereocenters. The Hall–Kier alpha value is -1.44. The fraction of sp³-hybridized carbons (Fsp3) is 0.733. The number of hydrogen-bond donors (Lipinski definition) is 1. The topological polar surface area (TPSA) is 90.1 Å². The summed E-state index contributed by atoms with van der Waals surface area (Å²) in [6, 6.07) is 0.145. The number of hydrogen-bond acceptors (Lipinski definition) is 4. The molecule has 1 heterocycles. The maximum absolute atomic E-state index is 12.3. The monoisotopic (exact) mass is 384 g/mol. The summed E-state index contributed by atoms with van der Waals surface area (Å²) in [5.74, 6) is 1.76. The van der Waals surface area contributed by atoms with Crippen molar-refractivity contribution in [2.45, 2.75) is 52.1 Å². The van der Waals surface area contributed by atoms with Crippen molar-refractivity contribution in [2.75, 3.05) is 0 Å². The first-order valence-corrected chi connectivity index (χ1v) is 8.82. The van der Waals surface area contributed by atoms with Crippen molar-refractivity contribution < 1.29 is 9.72 Å². The zero-order chi connectivity index (χ0) is 16.7. The van der Waals surface area contributed by atoms with Crippen LogP contribution in [-0.2, 0) is 11.3 Å². The van der Waals surface area contributed by atoms with Gasteiger partial charge < -0.3 is 15.4 Å². The molecule has 0 radical (unpaired) electrons. The maximum atomic E-state index is 12.3. The number of carbonyl (C=O) groups is 1. The summed E-state index contributed by atoms with van der Waals surface area (Å²) in [6.45, 7) is 3.78. The van der Waals surface area contributed by atoms with E-state index in [2.05, 4.69) is 33.3 Å². The van der Waals surface area contributed by atoms with Gasteiger partial charge >= 0.3 is 5.82 Å². The maximum Gasteiger partial charge on any atom is 0.404 e.